The van der Waals surface area contributed by atoms with Crippen LogP contribution in [0, 0.1) is 6.92 Å². The molecule has 21 heavy (non-hydrogen) atoms. The van der Waals surface area contributed by atoms with Crippen molar-refractivity contribution >= 4 is 22.2 Å². The first-order chi connectivity index (χ1) is 10.1. The molecule has 4 heteroatoms. The second-order valence-corrected chi connectivity index (χ2v) is 6.64. The van der Waals surface area contributed by atoms with Crippen LogP contribution in [0.4, 0.5) is 0 Å². The lowest BCUT2D eigenvalue weighted by molar-refractivity contribution is 0.593. The van der Waals surface area contributed by atoms with Crippen LogP contribution in [0.25, 0.3) is 21.5 Å². The fourth-order valence-corrected chi connectivity index (χ4v) is 3.05. The number of thiazole rings is 1. The van der Waals surface area contributed by atoms with E-state index in [1.54, 1.807) is 11.3 Å². The van der Waals surface area contributed by atoms with Gasteiger partial charge in [0, 0.05) is 40.3 Å². The maximum Gasteiger partial charge on any atom is 0.123 e. The molecule has 0 aliphatic heterocycles. The number of nitrogens with zero attached hydrogens (tertiary/aromatic N) is 2. The molecular formula is C17H19N3S. The van der Waals surface area contributed by atoms with Crippen LogP contribution in [0.15, 0.2) is 36.5 Å². The van der Waals surface area contributed by atoms with Gasteiger partial charge >= 0.3 is 0 Å². The van der Waals surface area contributed by atoms with Crippen molar-refractivity contribution in [1.82, 2.24) is 15.3 Å². The maximum absolute atomic E-state index is 4.55. The highest BCUT2D eigenvalue weighted by atomic mass is 32.1. The Balaban J connectivity index is 1.88. The average molecular weight is 297 g/mol. The van der Waals surface area contributed by atoms with Gasteiger partial charge in [-0.1, -0.05) is 19.9 Å². The zero-order valence-corrected chi connectivity index (χ0v) is 13.4. The lowest BCUT2D eigenvalue weighted by Gasteiger charge is -2.04. The van der Waals surface area contributed by atoms with Gasteiger partial charge in [-0.2, -0.15) is 0 Å². The lowest BCUT2D eigenvalue weighted by atomic mass is 10.1. The van der Waals surface area contributed by atoms with Crippen LogP contribution < -0.4 is 5.32 Å². The van der Waals surface area contributed by atoms with E-state index in [0.29, 0.717) is 6.04 Å². The molecule has 1 aromatic carbocycles. The van der Waals surface area contributed by atoms with Gasteiger partial charge in [-0.15, -0.1) is 11.3 Å². The van der Waals surface area contributed by atoms with Crippen molar-refractivity contribution in [2.75, 3.05) is 0 Å². The van der Waals surface area contributed by atoms with Gasteiger partial charge in [0.1, 0.15) is 5.01 Å². The van der Waals surface area contributed by atoms with E-state index >= 15 is 0 Å². The van der Waals surface area contributed by atoms with Gasteiger partial charge in [0.2, 0.25) is 0 Å². The largest absolute Gasteiger partial charge is 0.310 e. The Morgan fingerprint density at radius 3 is 2.86 bits per heavy atom. The van der Waals surface area contributed by atoms with E-state index in [9.17, 15) is 0 Å². The fraction of sp³-hybridized carbons (Fsp3) is 0.294. The molecular weight excluding hydrogens is 278 g/mol. The molecule has 0 fully saturated rings. The Morgan fingerprint density at radius 2 is 2.05 bits per heavy atom. The van der Waals surface area contributed by atoms with Gasteiger partial charge in [0.05, 0.1) is 5.52 Å². The molecule has 0 saturated heterocycles. The molecule has 3 rings (SSSR count). The molecule has 3 aromatic rings. The van der Waals surface area contributed by atoms with Crippen molar-refractivity contribution in [3.63, 3.8) is 0 Å². The summed E-state index contributed by atoms with van der Waals surface area (Å²) in [5.74, 6) is 0. The zero-order chi connectivity index (χ0) is 14.8. The molecule has 2 heterocycles. The number of fused-ring (bicyclic) bond motifs is 1. The normalized spacial score (nSPS) is 11.4. The summed E-state index contributed by atoms with van der Waals surface area (Å²) < 4.78 is 0. The van der Waals surface area contributed by atoms with Crippen molar-refractivity contribution in [2.45, 2.75) is 33.4 Å². The van der Waals surface area contributed by atoms with Crippen molar-refractivity contribution in [3.05, 3.63) is 47.1 Å². The predicted octanol–water partition coefficient (Wildman–Crippen LogP) is 4.16. The Morgan fingerprint density at radius 1 is 1.19 bits per heavy atom. The first-order valence-electron chi connectivity index (χ1n) is 7.18. The van der Waals surface area contributed by atoms with E-state index in [1.165, 1.54) is 4.88 Å². The molecule has 0 saturated carbocycles. The van der Waals surface area contributed by atoms with Crippen LogP contribution >= 0.6 is 11.3 Å². The molecule has 1 N–H and O–H groups in total. The summed E-state index contributed by atoms with van der Waals surface area (Å²) in [5, 5.41) is 5.65. The van der Waals surface area contributed by atoms with Gasteiger partial charge in [-0.05, 0) is 31.2 Å². The van der Waals surface area contributed by atoms with Crippen molar-refractivity contribution in [1.29, 1.82) is 0 Å². The molecule has 0 amide bonds. The Labute approximate surface area is 129 Å². The molecule has 2 aromatic heterocycles. The number of rotatable bonds is 4. The molecule has 0 bridgehead atoms. The molecule has 0 aliphatic rings. The fourth-order valence-electron chi connectivity index (χ4n) is 2.19. The highest BCUT2D eigenvalue weighted by Crippen LogP contribution is 2.27. The minimum Gasteiger partial charge on any atom is -0.310 e. The van der Waals surface area contributed by atoms with Crippen molar-refractivity contribution < 1.29 is 0 Å². The van der Waals surface area contributed by atoms with Crippen LogP contribution in [-0.4, -0.2) is 16.0 Å². The van der Waals surface area contributed by atoms with E-state index in [2.05, 4.69) is 53.4 Å². The number of hydrogen-bond donors (Lipinski definition) is 1. The third-order valence-electron chi connectivity index (χ3n) is 3.31. The summed E-state index contributed by atoms with van der Waals surface area (Å²) in [6.07, 6.45) is 1.97. The molecule has 0 aliphatic carbocycles. The highest BCUT2D eigenvalue weighted by Gasteiger charge is 2.06. The standard InChI is InChI=1S/C17H19N3S/c1-11(2)18-9-15-10-19-17(21-15)14-6-7-16-13(8-14)5-4-12(3)20-16/h4-8,10-11,18H,9H2,1-3H3. The summed E-state index contributed by atoms with van der Waals surface area (Å²) in [6.45, 7) is 7.20. The monoisotopic (exact) mass is 297 g/mol. The second kappa shape index (κ2) is 5.92. The quantitative estimate of drug-likeness (QED) is 0.785. The summed E-state index contributed by atoms with van der Waals surface area (Å²) in [6, 6.07) is 11.0. The van der Waals surface area contributed by atoms with Crippen LogP contribution in [0.3, 0.4) is 0 Å². The van der Waals surface area contributed by atoms with Gasteiger partial charge < -0.3 is 5.32 Å². The van der Waals surface area contributed by atoms with Crippen molar-refractivity contribution in [3.8, 4) is 10.6 Å². The summed E-state index contributed by atoms with van der Waals surface area (Å²) in [5.41, 5.74) is 3.25. The third kappa shape index (κ3) is 3.28. The van der Waals surface area contributed by atoms with Crippen LogP contribution in [0.2, 0.25) is 0 Å². The maximum atomic E-state index is 4.55. The second-order valence-electron chi connectivity index (χ2n) is 5.53. The molecule has 3 nitrogen and oxygen atoms in total. The summed E-state index contributed by atoms with van der Waals surface area (Å²) in [4.78, 5) is 10.3. The van der Waals surface area contributed by atoms with Crippen LogP contribution in [0.5, 0.6) is 0 Å². The van der Waals surface area contributed by atoms with Crippen molar-refractivity contribution in [2.24, 2.45) is 0 Å². The van der Waals surface area contributed by atoms with Gasteiger partial charge in [-0.3, -0.25) is 4.98 Å². The predicted molar refractivity (Wildman–Crippen MR) is 89.6 cm³/mol. The number of aryl methyl sites for hydroxylation is 1. The molecule has 108 valence electrons. The summed E-state index contributed by atoms with van der Waals surface area (Å²) in [7, 11) is 0. The minimum atomic E-state index is 0.491. The van der Waals surface area contributed by atoms with E-state index in [0.717, 1.165) is 33.7 Å². The van der Waals surface area contributed by atoms with E-state index in [4.69, 9.17) is 0 Å². The molecule has 0 unspecified atom stereocenters. The molecule has 0 radical (unpaired) electrons. The van der Waals surface area contributed by atoms with Gasteiger partial charge in [0.25, 0.3) is 0 Å². The first kappa shape index (κ1) is 14.2. The highest BCUT2D eigenvalue weighted by molar-refractivity contribution is 7.15. The Bertz CT molecular complexity index is 762. The number of pyridine rings is 1. The first-order valence-corrected chi connectivity index (χ1v) is 7.99. The van der Waals surface area contributed by atoms with Gasteiger partial charge in [-0.25, -0.2) is 4.98 Å². The SMILES string of the molecule is Cc1ccc2cc(-c3ncc(CNC(C)C)s3)ccc2n1. The smallest absolute Gasteiger partial charge is 0.123 e. The number of benzene rings is 1. The lowest BCUT2D eigenvalue weighted by Crippen LogP contribution is -2.21. The van der Waals surface area contributed by atoms with E-state index in [1.807, 2.05) is 19.2 Å². The average Bonchev–Trinajstić information content (AvgIpc) is 2.93. The Hall–Kier alpha value is -1.78. The van der Waals surface area contributed by atoms with Crippen LogP contribution in [0.1, 0.15) is 24.4 Å². The molecule has 0 atom stereocenters. The van der Waals surface area contributed by atoms with Gasteiger partial charge in [0.15, 0.2) is 0 Å². The summed E-state index contributed by atoms with van der Waals surface area (Å²) >= 11 is 1.75. The van der Waals surface area contributed by atoms with Crippen LogP contribution in [-0.2, 0) is 6.54 Å². The topological polar surface area (TPSA) is 37.8 Å². The third-order valence-corrected chi connectivity index (χ3v) is 4.36. The Kier molecular flexibility index (Phi) is 3.99. The molecule has 0 spiro atoms. The minimum absolute atomic E-state index is 0.491. The van der Waals surface area contributed by atoms with E-state index in [-0.39, 0.29) is 0 Å². The van der Waals surface area contributed by atoms with E-state index < -0.39 is 0 Å². The number of nitrogens with one attached hydrogen (secondary N) is 1. The number of aromatic nitrogens is 2. The number of hydrogen-bond acceptors (Lipinski definition) is 4. The zero-order valence-electron chi connectivity index (χ0n) is 12.6.